The first-order chi connectivity index (χ1) is 12.7. The molecule has 132 valence electrons. The van der Waals surface area contributed by atoms with Gasteiger partial charge in [-0.3, -0.25) is 4.90 Å². The second-order valence-corrected chi connectivity index (χ2v) is 6.12. The summed E-state index contributed by atoms with van der Waals surface area (Å²) in [4.78, 5) is 13.2. The first-order valence-corrected chi connectivity index (χ1v) is 8.61. The highest BCUT2D eigenvalue weighted by Gasteiger charge is 2.10. The summed E-state index contributed by atoms with van der Waals surface area (Å²) in [5.41, 5.74) is 3.46. The van der Waals surface area contributed by atoms with Crippen molar-refractivity contribution in [3.05, 3.63) is 76.9 Å². The van der Waals surface area contributed by atoms with Gasteiger partial charge in [0.05, 0.1) is 18.8 Å². The van der Waals surface area contributed by atoms with Crippen molar-refractivity contribution in [3.8, 4) is 11.8 Å². The molecule has 0 radical (unpaired) electrons. The van der Waals surface area contributed by atoms with Crippen LogP contribution in [0.3, 0.4) is 0 Å². The molecule has 1 heterocycles. The minimum atomic E-state index is -0.929. The van der Waals surface area contributed by atoms with E-state index in [0.29, 0.717) is 0 Å². The first kappa shape index (κ1) is 17.9. The number of allylic oxidation sites excluding steroid dienone is 1. The number of ether oxygens (including phenoxy) is 1. The summed E-state index contributed by atoms with van der Waals surface area (Å²) in [5.74, 6) is 5.05. The lowest BCUT2D eigenvalue weighted by Gasteiger charge is -2.26. The number of morpholine rings is 1. The maximum Gasteiger partial charge on any atom is 0.335 e. The number of hydrogen-bond acceptors (Lipinski definition) is 3. The van der Waals surface area contributed by atoms with Gasteiger partial charge in [0, 0.05) is 25.2 Å². The van der Waals surface area contributed by atoms with E-state index in [-0.39, 0.29) is 5.56 Å². The molecule has 4 nitrogen and oxygen atoms in total. The van der Waals surface area contributed by atoms with Crippen LogP contribution in [0.15, 0.2) is 54.6 Å². The molecule has 4 heteroatoms. The third-order valence-electron chi connectivity index (χ3n) is 4.20. The number of nitrogens with zero attached hydrogens (tertiary/aromatic N) is 1. The maximum atomic E-state index is 10.8. The highest BCUT2D eigenvalue weighted by molar-refractivity contribution is 5.87. The standard InChI is InChI=1S/C22H21NO3/c24-22(25)21-11-9-19(10-12-21)4-2-1-3-18-5-7-20(8-6-18)17-23-13-15-26-16-14-23/h1,3,5-12H,13-17H2,(H,24,25). The van der Waals surface area contributed by atoms with E-state index < -0.39 is 5.97 Å². The molecule has 0 bridgehead atoms. The molecule has 1 saturated heterocycles. The van der Waals surface area contributed by atoms with Crippen molar-refractivity contribution in [2.45, 2.75) is 6.54 Å². The van der Waals surface area contributed by atoms with Crippen molar-refractivity contribution in [2.24, 2.45) is 0 Å². The number of aromatic carboxylic acids is 1. The Labute approximate surface area is 153 Å². The van der Waals surface area contributed by atoms with Crippen LogP contribution < -0.4 is 0 Å². The Morgan fingerprint density at radius 3 is 2.42 bits per heavy atom. The van der Waals surface area contributed by atoms with E-state index in [4.69, 9.17) is 9.84 Å². The second-order valence-electron chi connectivity index (χ2n) is 6.12. The van der Waals surface area contributed by atoms with Crippen LogP contribution in [-0.2, 0) is 11.3 Å². The van der Waals surface area contributed by atoms with E-state index in [1.165, 1.54) is 5.56 Å². The lowest BCUT2D eigenvalue weighted by molar-refractivity contribution is 0.0342. The average molecular weight is 347 g/mol. The molecule has 2 aromatic carbocycles. The fourth-order valence-electron chi connectivity index (χ4n) is 2.71. The molecule has 26 heavy (non-hydrogen) atoms. The quantitative estimate of drug-likeness (QED) is 0.863. The molecule has 0 unspecified atom stereocenters. The minimum Gasteiger partial charge on any atom is -0.478 e. The predicted molar refractivity (Wildman–Crippen MR) is 102 cm³/mol. The van der Waals surface area contributed by atoms with E-state index in [1.807, 2.05) is 12.2 Å². The summed E-state index contributed by atoms with van der Waals surface area (Å²) in [6.45, 7) is 4.58. The van der Waals surface area contributed by atoms with Crippen LogP contribution in [0, 0.1) is 11.8 Å². The molecule has 0 spiro atoms. The van der Waals surface area contributed by atoms with Gasteiger partial charge in [-0.05, 0) is 47.5 Å². The lowest BCUT2D eigenvalue weighted by Crippen LogP contribution is -2.35. The first-order valence-electron chi connectivity index (χ1n) is 8.61. The number of rotatable bonds is 4. The van der Waals surface area contributed by atoms with Crippen molar-refractivity contribution >= 4 is 12.0 Å². The number of carbonyl (C=O) groups is 1. The molecular formula is C22H21NO3. The van der Waals surface area contributed by atoms with E-state index in [9.17, 15) is 4.79 Å². The Morgan fingerprint density at radius 2 is 1.77 bits per heavy atom. The van der Waals surface area contributed by atoms with Crippen molar-refractivity contribution in [1.29, 1.82) is 0 Å². The van der Waals surface area contributed by atoms with Crippen LogP contribution in [-0.4, -0.2) is 42.3 Å². The zero-order valence-electron chi connectivity index (χ0n) is 14.5. The van der Waals surface area contributed by atoms with Crippen molar-refractivity contribution < 1.29 is 14.6 Å². The Hall–Kier alpha value is -2.87. The van der Waals surface area contributed by atoms with Gasteiger partial charge in [-0.25, -0.2) is 4.79 Å². The van der Waals surface area contributed by atoms with Crippen LogP contribution in [0.2, 0.25) is 0 Å². The Balaban J connectivity index is 1.54. The normalized spacial score (nSPS) is 14.8. The third kappa shape index (κ3) is 5.32. The molecule has 0 atom stereocenters. The molecule has 3 rings (SSSR count). The Bertz CT molecular complexity index is 820. The summed E-state index contributed by atoms with van der Waals surface area (Å²) < 4.78 is 5.37. The van der Waals surface area contributed by atoms with E-state index in [1.54, 1.807) is 24.3 Å². The van der Waals surface area contributed by atoms with Gasteiger partial charge in [-0.15, -0.1) is 0 Å². The van der Waals surface area contributed by atoms with Crippen LogP contribution in [0.4, 0.5) is 0 Å². The van der Waals surface area contributed by atoms with Crippen LogP contribution in [0.1, 0.15) is 27.0 Å². The van der Waals surface area contributed by atoms with Crippen LogP contribution in [0.25, 0.3) is 6.08 Å². The fraction of sp³-hybridized carbons (Fsp3) is 0.227. The van der Waals surface area contributed by atoms with Gasteiger partial charge < -0.3 is 9.84 Å². The molecule has 0 amide bonds. The molecular weight excluding hydrogens is 326 g/mol. The minimum absolute atomic E-state index is 0.267. The third-order valence-corrected chi connectivity index (χ3v) is 4.20. The fourth-order valence-corrected chi connectivity index (χ4v) is 2.71. The zero-order valence-corrected chi connectivity index (χ0v) is 14.5. The highest BCUT2D eigenvalue weighted by atomic mass is 16.5. The summed E-state index contributed by atoms with van der Waals surface area (Å²) in [6, 6.07) is 15.0. The van der Waals surface area contributed by atoms with Gasteiger partial charge in [-0.2, -0.15) is 0 Å². The van der Waals surface area contributed by atoms with Crippen molar-refractivity contribution in [3.63, 3.8) is 0 Å². The van der Waals surface area contributed by atoms with E-state index in [0.717, 1.165) is 44.0 Å². The van der Waals surface area contributed by atoms with Gasteiger partial charge in [0.15, 0.2) is 0 Å². The predicted octanol–water partition coefficient (Wildman–Crippen LogP) is 3.28. The molecule has 1 aliphatic heterocycles. The monoisotopic (exact) mass is 347 g/mol. The molecule has 1 aliphatic rings. The van der Waals surface area contributed by atoms with Gasteiger partial charge in [0.1, 0.15) is 0 Å². The molecule has 2 aromatic rings. The number of hydrogen-bond donors (Lipinski definition) is 1. The van der Waals surface area contributed by atoms with Crippen molar-refractivity contribution in [1.82, 2.24) is 4.90 Å². The van der Waals surface area contributed by atoms with Crippen molar-refractivity contribution in [2.75, 3.05) is 26.3 Å². The summed E-state index contributed by atoms with van der Waals surface area (Å²) >= 11 is 0. The van der Waals surface area contributed by atoms with Crippen LogP contribution >= 0.6 is 0 Å². The molecule has 0 saturated carbocycles. The second kappa shape index (κ2) is 9.00. The number of benzene rings is 2. The average Bonchev–Trinajstić information content (AvgIpc) is 2.68. The molecule has 1 fully saturated rings. The van der Waals surface area contributed by atoms with Gasteiger partial charge in [0.2, 0.25) is 0 Å². The molecule has 1 N–H and O–H groups in total. The topological polar surface area (TPSA) is 49.8 Å². The smallest absolute Gasteiger partial charge is 0.335 e. The van der Waals surface area contributed by atoms with Crippen LogP contribution in [0.5, 0.6) is 0 Å². The zero-order chi connectivity index (χ0) is 18.2. The summed E-state index contributed by atoms with van der Waals surface area (Å²) in [5, 5.41) is 8.87. The van der Waals surface area contributed by atoms with Gasteiger partial charge in [0.25, 0.3) is 0 Å². The molecule has 0 aliphatic carbocycles. The lowest BCUT2D eigenvalue weighted by atomic mass is 10.1. The highest BCUT2D eigenvalue weighted by Crippen LogP contribution is 2.10. The SMILES string of the molecule is O=C(O)c1ccc(C#CC=Cc2ccc(CN3CCOCC3)cc2)cc1. The Kier molecular flexibility index (Phi) is 6.21. The van der Waals surface area contributed by atoms with E-state index >= 15 is 0 Å². The number of carboxylic acids is 1. The Morgan fingerprint density at radius 1 is 1.08 bits per heavy atom. The number of carboxylic acid groups (broad SMARTS) is 1. The maximum absolute atomic E-state index is 10.8. The summed E-state index contributed by atoms with van der Waals surface area (Å²) in [7, 11) is 0. The van der Waals surface area contributed by atoms with E-state index in [2.05, 4.69) is 41.0 Å². The van der Waals surface area contributed by atoms with Gasteiger partial charge in [-0.1, -0.05) is 36.1 Å². The summed E-state index contributed by atoms with van der Waals surface area (Å²) in [6.07, 6.45) is 3.78. The van der Waals surface area contributed by atoms with Gasteiger partial charge >= 0.3 is 5.97 Å². The largest absolute Gasteiger partial charge is 0.478 e. The molecule has 0 aromatic heterocycles.